The molecule has 0 N–H and O–H groups in total. The van der Waals surface area contributed by atoms with Crippen molar-refractivity contribution in [1.29, 1.82) is 0 Å². The van der Waals surface area contributed by atoms with Crippen LogP contribution in [0.3, 0.4) is 0 Å². The van der Waals surface area contributed by atoms with Gasteiger partial charge in [0.2, 0.25) is 5.91 Å². The number of benzene rings is 1. The summed E-state index contributed by atoms with van der Waals surface area (Å²) in [4.78, 5) is 21.3. The summed E-state index contributed by atoms with van der Waals surface area (Å²) in [6, 6.07) is 5.87. The second kappa shape index (κ2) is 7.47. The summed E-state index contributed by atoms with van der Waals surface area (Å²) in [6.45, 7) is 3.21. The van der Waals surface area contributed by atoms with Gasteiger partial charge in [0.15, 0.2) is 0 Å². The van der Waals surface area contributed by atoms with E-state index in [1.165, 1.54) is 0 Å². The van der Waals surface area contributed by atoms with Crippen LogP contribution in [-0.4, -0.2) is 54.7 Å². The van der Waals surface area contributed by atoms with Crippen LogP contribution in [0.2, 0.25) is 10.0 Å². The van der Waals surface area contributed by atoms with E-state index >= 15 is 0 Å². The number of aromatic nitrogens is 1. The van der Waals surface area contributed by atoms with Crippen molar-refractivity contribution >= 4 is 35.1 Å². The number of halogens is 2. The maximum atomic E-state index is 13.0. The number of anilines is 1. The van der Waals surface area contributed by atoms with Gasteiger partial charge in [-0.05, 0) is 17.7 Å². The van der Waals surface area contributed by atoms with Crippen LogP contribution < -0.4 is 4.90 Å². The van der Waals surface area contributed by atoms with Gasteiger partial charge in [0, 0.05) is 25.6 Å². The van der Waals surface area contributed by atoms with E-state index < -0.39 is 0 Å². The van der Waals surface area contributed by atoms with Crippen LogP contribution in [0.25, 0.3) is 0 Å². The van der Waals surface area contributed by atoms with Crippen LogP contribution in [0.15, 0.2) is 35.1 Å². The summed E-state index contributed by atoms with van der Waals surface area (Å²) in [5.74, 6) is 0.283. The fourth-order valence-electron chi connectivity index (χ4n) is 3.60. The number of hydrogen-bond donors (Lipinski definition) is 0. The number of ether oxygens (including phenoxy) is 1. The highest BCUT2D eigenvalue weighted by molar-refractivity contribution is 6.42. The molecule has 2 fully saturated rings. The Morgan fingerprint density at radius 2 is 2.08 bits per heavy atom. The number of fused-ring (bicyclic) bond motifs is 3. The molecular weight excluding hydrogens is 377 g/mol. The molecule has 2 bridgehead atoms. The maximum absolute atomic E-state index is 13.0. The van der Waals surface area contributed by atoms with Crippen molar-refractivity contribution in [3.63, 3.8) is 0 Å². The smallest absolute Gasteiger partial charge is 0.297 e. The summed E-state index contributed by atoms with van der Waals surface area (Å²) in [7, 11) is 0. The molecule has 0 radical (unpaired) electrons. The molecule has 0 spiro atoms. The van der Waals surface area contributed by atoms with E-state index in [1.807, 2.05) is 11.0 Å². The molecule has 0 unspecified atom stereocenters. The first-order valence-corrected chi connectivity index (χ1v) is 9.31. The zero-order chi connectivity index (χ0) is 18.1. The normalized spacial score (nSPS) is 23.0. The lowest BCUT2D eigenvalue weighted by Crippen LogP contribution is -2.47. The summed E-state index contributed by atoms with van der Waals surface area (Å²) >= 11 is 12.0. The Hall–Kier alpha value is -1.76. The van der Waals surface area contributed by atoms with Crippen molar-refractivity contribution in [3.8, 4) is 0 Å². The lowest BCUT2D eigenvalue weighted by atomic mass is 10.1. The molecule has 3 heterocycles. The quantitative estimate of drug-likeness (QED) is 0.799. The van der Waals surface area contributed by atoms with Gasteiger partial charge in [0.05, 0.1) is 41.9 Å². The molecule has 0 aliphatic carbocycles. The number of rotatable bonds is 3. The summed E-state index contributed by atoms with van der Waals surface area (Å²) < 4.78 is 11.2. The highest BCUT2D eigenvalue weighted by Crippen LogP contribution is 2.26. The van der Waals surface area contributed by atoms with Crippen LogP contribution >= 0.6 is 23.2 Å². The van der Waals surface area contributed by atoms with Crippen molar-refractivity contribution < 1.29 is 13.9 Å². The minimum atomic E-state index is -0.0373. The lowest BCUT2D eigenvalue weighted by Gasteiger charge is -2.30. The predicted molar refractivity (Wildman–Crippen MR) is 98.7 cm³/mol. The number of amides is 1. The minimum absolute atomic E-state index is 0.0373. The monoisotopic (exact) mass is 395 g/mol. The highest BCUT2D eigenvalue weighted by Gasteiger charge is 2.36. The number of hydrogen-bond acceptors (Lipinski definition) is 5. The van der Waals surface area contributed by atoms with E-state index in [0.29, 0.717) is 48.8 Å². The molecule has 1 aromatic carbocycles. The highest BCUT2D eigenvalue weighted by atomic mass is 35.5. The Bertz CT molecular complexity index is 784. The first kappa shape index (κ1) is 17.6. The zero-order valence-electron chi connectivity index (χ0n) is 14.1. The molecule has 0 saturated carbocycles. The van der Waals surface area contributed by atoms with Crippen molar-refractivity contribution in [2.75, 3.05) is 37.7 Å². The second-order valence-electron chi connectivity index (χ2n) is 6.75. The molecule has 2 atom stereocenters. The van der Waals surface area contributed by atoms with Gasteiger partial charge in [-0.3, -0.25) is 4.79 Å². The van der Waals surface area contributed by atoms with Crippen LogP contribution in [0, 0.1) is 5.92 Å². The Kier molecular flexibility index (Phi) is 5.07. The van der Waals surface area contributed by atoms with Crippen molar-refractivity contribution in [1.82, 2.24) is 9.88 Å². The van der Waals surface area contributed by atoms with Gasteiger partial charge >= 0.3 is 0 Å². The predicted octanol–water partition coefficient (Wildman–Crippen LogP) is 2.89. The van der Waals surface area contributed by atoms with Gasteiger partial charge in [-0.1, -0.05) is 29.3 Å². The SMILES string of the molecule is O=C(Cc1ccc(Cl)c(Cl)c1)N1C[C@H]2COC[C@@H]1CN(c1ncco1)C2. The van der Waals surface area contributed by atoms with E-state index in [1.54, 1.807) is 24.6 Å². The van der Waals surface area contributed by atoms with E-state index in [-0.39, 0.29) is 17.9 Å². The average Bonchev–Trinajstić information content (AvgIpc) is 2.98. The van der Waals surface area contributed by atoms with Crippen LogP contribution in [-0.2, 0) is 16.0 Å². The molecule has 1 aromatic heterocycles. The molecule has 1 amide bonds. The second-order valence-corrected chi connectivity index (χ2v) is 7.56. The van der Waals surface area contributed by atoms with E-state index in [9.17, 15) is 4.79 Å². The Balaban J connectivity index is 1.52. The first-order chi connectivity index (χ1) is 12.6. The number of carbonyl (C=O) groups excluding carboxylic acids is 1. The van der Waals surface area contributed by atoms with E-state index in [2.05, 4.69) is 9.88 Å². The third-order valence-electron chi connectivity index (χ3n) is 4.82. The van der Waals surface area contributed by atoms with E-state index in [4.69, 9.17) is 32.4 Å². The third-order valence-corrected chi connectivity index (χ3v) is 5.56. The molecule has 2 aromatic rings. The van der Waals surface area contributed by atoms with Gasteiger partial charge < -0.3 is 19.0 Å². The van der Waals surface area contributed by atoms with Crippen LogP contribution in [0.4, 0.5) is 6.01 Å². The van der Waals surface area contributed by atoms with Crippen molar-refractivity contribution in [3.05, 3.63) is 46.3 Å². The van der Waals surface area contributed by atoms with E-state index in [0.717, 1.165) is 12.1 Å². The molecule has 8 heteroatoms. The topological polar surface area (TPSA) is 58.8 Å². The molecule has 138 valence electrons. The first-order valence-electron chi connectivity index (χ1n) is 8.55. The molecular formula is C18H19Cl2N3O3. The van der Waals surface area contributed by atoms with Gasteiger partial charge in [0.25, 0.3) is 6.01 Å². The fraction of sp³-hybridized carbons (Fsp3) is 0.444. The van der Waals surface area contributed by atoms with Crippen molar-refractivity contribution in [2.24, 2.45) is 5.92 Å². The summed E-state index contributed by atoms with van der Waals surface area (Å²) in [5, 5.41) is 0.952. The third kappa shape index (κ3) is 3.68. The van der Waals surface area contributed by atoms with Crippen LogP contribution in [0.5, 0.6) is 0 Å². The fourth-order valence-corrected chi connectivity index (χ4v) is 3.92. The molecule has 4 rings (SSSR count). The lowest BCUT2D eigenvalue weighted by molar-refractivity contribution is -0.132. The maximum Gasteiger partial charge on any atom is 0.297 e. The van der Waals surface area contributed by atoms with Gasteiger partial charge in [-0.15, -0.1) is 0 Å². The number of oxazole rings is 1. The number of nitrogens with zero attached hydrogens (tertiary/aromatic N) is 3. The minimum Gasteiger partial charge on any atom is -0.432 e. The van der Waals surface area contributed by atoms with Gasteiger partial charge in [-0.25, -0.2) is 4.98 Å². The summed E-state index contributed by atoms with van der Waals surface area (Å²) in [6.07, 6.45) is 3.50. The average molecular weight is 396 g/mol. The largest absolute Gasteiger partial charge is 0.432 e. The van der Waals surface area contributed by atoms with Crippen LogP contribution in [0.1, 0.15) is 5.56 Å². The molecule has 6 nitrogen and oxygen atoms in total. The molecule has 2 aliphatic heterocycles. The van der Waals surface area contributed by atoms with Gasteiger partial charge in [-0.2, -0.15) is 0 Å². The summed E-state index contributed by atoms with van der Waals surface area (Å²) in [5.41, 5.74) is 0.855. The molecule has 2 aliphatic rings. The zero-order valence-corrected chi connectivity index (χ0v) is 15.6. The van der Waals surface area contributed by atoms with Crippen molar-refractivity contribution in [2.45, 2.75) is 12.5 Å². The van der Waals surface area contributed by atoms with Gasteiger partial charge in [0.1, 0.15) is 6.26 Å². The molecule has 26 heavy (non-hydrogen) atoms. The Morgan fingerprint density at radius 1 is 1.19 bits per heavy atom. The standard InChI is InChI=1S/C18H19Cl2N3O3/c19-15-2-1-12(5-16(15)20)6-17(24)23-8-13-7-22(18-21-3-4-26-18)9-14(23)11-25-10-13/h1-5,13-14H,6-11H2/t13-,14-/m0/s1. The Morgan fingerprint density at radius 3 is 2.85 bits per heavy atom. The number of carbonyl (C=O) groups is 1. The Labute approximate surface area is 161 Å². The molecule has 2 saturated heterocycles.